The van der Waals surface area contributed by atoms with Crippen LogP contribution in [0.4, 0.5) is 0 Å². The van der Waals surface area contributed by atoms with Gasteiger partial charge in [-0.15, -0.1) is 11.3 Å². The predicted molar refractivity (Wildman–Crippen MR) is 72.9 cm³/mol. The molecule has 1 saturated heterocycles. The van der Waals surface area contributed by atoms with Crippen LogP contribution in [0.25, 0.3) is 6.08 Å². The highest BCUT2D eigenvalue weighted by Crippen LogP contribution is 2.23. The molecule has 1 aromatic heterocycles. The van der Waals surface area contributed by atoms with Crippen molar-refractivity contribution in [2.75, 3.05) is 13.2 Å². The summed E-state index contributed by atoms with van der Waals surface area (Å²) in [4.78, 5) is 14.7. The van der Waals surface area contributed by atoms with Crippen molar-refractivity contribution in [3.05, 3.63) is 26.9 Å². The van der Waals surface area contributed by atoms with E-state index in [-0.39, 0.29) is 18.6 Å². The molecular formula is C12H14BrNO2S. The van der Waals surface area contributed by atoms with E-state index in [0.717, 1.165) is 28.0 Å². The maximum atomic E-state index is 11.9. The van der Waals surface area contributed by atoms with Crippen LogP contribution in [0, 0.1) is 0 Å². The van der Waals surface area contributed by atoms with E-state index < -0.39 is 0 Å². The number of rotatable bonds is 3. The molecule has 0 spiro atoms. The van der Waals surface area contributed by atoms with Crippen LogP contribution in [-0.4, -0.2) is 35.1 Å². The third kappa shape index (κ3) is 3.18. The standard InChI is InChI=1S/C12H14BrNO2S/c13-11-5-3-10(17-11)4-6-12(16)14-7-1-2-9(14)8-15/h3-6,9,15H,1-2,7-8H2/b6-4+/t9-/m1/s1. The van der Waals surface area contributed by atoms with E-state index in [1.165, 1.54) is 0 Å². The van der Waals surface area contributed by atoms with Crippen LogP contribution in [-0.2, 0) is 4.79 Å². The lowest BCUT2D eigenvalue weighted by molar-refractivity contribution is -0.127. The molecular weight excluding hydrogens is 302 g/mol. The quantitative estimate of drug-likeness (QED) is 0.871. The van der Waals surface area contributed by atoms with Crippen LogP contribution in [0.3, 0.4) is 0 Å². The fourth-order valence-electron chi connectivity index (χ4n) is 1.98. The molecule has 17 heavy (non-hydrogen) atoms. The molecule has 92 valence electrons. The van der Waals surface area contributed by atoms with E-state index in [1.807, 2.05) is 18.2 Å². The highest BCUT2D eigenvalue weighted by Gasteiger charge is 2.26. The molecule has 0 radical (unpaired) electrons. The van der Waals surface area contributed by atoms with E-state index in [1.54, 1.807) is 22.3 Å². The minimum absolute atomic E-state index is 0.00206. The van der Waals surface area contributed by atoms with Gasteiger partial charge in [-0.3, -0.25) is 4.79 Å². The fraction of sp³-hybridized carbons (Fsp3) is 0.417. The summed E-state index contributed by atoms with van der Waals surface area (Å²) < 4.78 is 1.05. The number of thiophene rings is 1. The molecule has 3 nitrogen and oxygen atoms in total. The van der Waals surface area contributed by atoms with Gasteiger partial charge in [-0.25, -0.2) is 0 Å². The lowest BCUT2D eigenvalue weighted by Crippen LogP contribution is -2.36. The van der Waals surface area contributed by atoms with Crippen molar-refractivity contribution in [2.24, 2.45) is 0 Å². The molecule has 5 heteroatoms. The van der Waals surface area contributed by atoms with Crippen molar-refractivity contribution in [3.63, 3.8) is 0 Å². The first kappa shape index (κ1) is 12.8. The van der Waals surface area contributed by atoms with Gasteiger partial charge >= 0.3 is 0 Å². The molecule has 1 fully saturated rings. The Morgan fingerprint density at radius 1 is 1.65 bits per heavy atom. The number of aliphatic hydroxyl groups excluding tert-OH is 1. The van der Waals surface area contributed by atoms with Crippen LogP contribution in [0.2, 0.25) is 0 Å². The van der Waals surface area contributed by atoms with Gasteiger partial charge < -0.3 is 10.0 Å². The molecule has 2 rings (SSSR count). The third-order valence-electron chi connectivity index (χ3n) is 2.86. The molecule has 1 aromatic rings. The summed E-state index contributed by atoms with van der Waals surface area (Å²) in [7, 11) is 0. The van der Waals surface area contributed by atoms with Crippen LogP contribution < -0.4 is 0 Å². The molecule has 1 atom stereocenters. The minimum Gasteiger partial charge on any atom is -0.394 e. The van der Waals surface area contributed by atoms with E-state index in [4.69, 9.17) is 5.11 Å². The second kappa shape index (κ2) is 5.80. The highest BCUT2D eigenvalue weighted by molar-refractivity contribution is 9.11. The zero-order valence-corrected chi connectivity index (χ0v) is 11.7. The number of carbonyl (C=O) groups excluding carboxylic acids is 1. The average Bonchev–Trinajstić information content (AvgIpc) is 2.94. The SMILES string of the molecule is O=C(/C=C/c1ccc(Br)s1)N1CCC[C@@H]1CO. The Morgan fingerprint density at radius 2 is 2.47 bits per heavy atom. The number of likely N-dealkylation sites (tertiary alicyclic amines) is 1. The highest BCUT2D eigenvalue weighted by atomic mass is 79.9. The molecule has 0 aromatic carbocycles. The molecule has 2 heterocycles. The summed E-state index contributed by atoms with van der Waals surface area (Å²) in [6, 6.07) is 3.93. The van der Waals surface area contributed by atoms with Crippen LogP contribution >= 0.6 is 27.3 Å². The van der Waals surface area contributed by atoms with Gasteiger partial charge in [-0.1, -0.05) is 0 Å². The molecule has 1 amide bonds. The van der Waals surface area contributed by atoms with Crippen LogP contribution in [0.15, 0.2) is 22.0 Å². The lowest BCUT2D eigenvalue weighted by Gasteiger charge is -2.21. The van der Waals surface area contributed by atoms with Crippen LogP contribution in [0.5, 0.6) is 0 Å². The van der Waals surface area contributed by atoms with Crippen LogP contribution in [0.1, 0.15) is 17.7 Å². The predicted octanol–water partition coefficient (Wildman–Crippen LogP) is 2.51. The van der Waals surface area contributed by atoms with Crippen molar-refractivity contribution in [1.29, 1.82) is 0 Å². The van der Waals surface area contributed by atoms with Gasteiger partial charge in [0.05, 0.1) is 16.4 Å². The molecule has 1 N–H and O–H groups in total. The summed E-state index contributed by atoms with van der Waals surface area (Å²) in [6.45, 7) is 0.812. The number of carbonyl (C=O) groups is 1. The summed E-state index contributed by atoms with van der Waals surface area (Å²) in [5, 5.41) is 9.15. The van der Waals surface area contributed by atoms with Crippen molar-refractivity contribution in [3.8, 4) is 0 Å². The number of nitrogens with zero attached hydrogens (tertiary/aromatic N) is 1. The maximum Gasteiger partial charge on any atom is 0.246 e. The molecule has 0 aliphatic carbocycles. The Balaban J connectivity index is 1.99. The first-order valence-corrected chi connectivity index (χ1v) is 7.16. The van der Waals surface area contributed by atoms with Crippen molar-refractivity contribution in [2.45, 2.75) is 18.9 Å². The zero-order chi connectivity index (χ0) is 12.3. The van der Waals surface area contributed by atoms with Gasteiger partial charge in [0.2, 0.25) is 5.91 Å². The van der Waals surface area contributed by atoms with Gasteiger partial charge in [-0.2, -0.15) is 0 Å². The largest absolute Gasteiger partial charge is 0.394 e. The van der Waals surface area contributed by atoms with E-state index >= 15 is 0 Å². The second-order valence-electron chi connectivity index (χ2n) is 3.99. The number of hydrogen-bond acceptors (Lipinski definition) is 3. The van der Waals surface area contributed by atoms with E-state index in [9.17, 15) is 4.79 Å². The van der Waals surface area contributed by atoms with Crippen molar-refractivity contribution in [1.82, 2.24) is 4.90 Å². The maximum absolute atomic E-state index is 11.9. The first-order valence-electron chi connectivity index (χ1n) is 5.55. The van der Waals surface area contributed by atoms with Gasteiger partial charge in [-0.05, 0) is 47.0 Å². The Labute approximate surface area is 113 Å². The second-order valence-corrected chi connectivity index (χ2v) is 6.48. The van der Waals surface area contributed by atoms with Gasteiger partial charge in [0.15, 0.2) is 0 Å². The van der Waals surface area contributed by atoms with Gasteiger partial charge in [0.25, 0.3) is 0 Å². The Morgan fingerprint density at radius 3 is 3.12 bits per heavy atom. The zero-order valence-electron chi connectivity index (χ0n) is 9.30. The van der Waals surface area contributed by atoms with E-state index in [2.05, 4.69) is 15.9 Å². The molecule has 0 saturated carbocycles. The molecule has 1 aliphatic heterocycles. The molecule has 0 bridgehead atoms. The molecule has 1 aliphatic rings. The van der Waals surface area contributed by atoms with Crippen molar-refractivity contribution < 1.29 is 9.90 Å². The first-order chi connectivity index (χ1) is 8.20. The summed E-state index contributed by atoms with van der Waals surface area (Å²) in [5.41, 5.74) is 0. The Kier molecular flexibility index (Phi) is 4.36. The number of amides is 1. The molecule has 0 unspecified atom stereocenters. The minimum atomic E-state index is -0.00827. The number of hydrogen-bond donors (Lipinski definition) is 1. The van der Waals surface area contributed by atoms with E-state index in [0.29, 0.717) is 0 Å². The van der Waals surface area contributed by atoms with Gasteiger partial charge in [0, 0.05) is 17.5 Å². The topological polar surface area (TPSA) is 40.5 Å². The smallest absolute Gasteiger partial charge is 0.246 e. The summed E-state index contributed by atoms with van der Waals surface area (Å²) in [6.07, 6.45) is 5.30. The number of aliphatic hydroxyl groups is 1. The van der Waals surface area contributed by atoms with Gasteiger partial charge in [0.1, 0.15) is 0 Å². The summed E-state index contributed by atoms with van der Waals surface area (Å²) in [5.74, 6) is -0.00827. The number of halogens is 1. The monoisotopic (exact) mass is 315 g/mol. The summed E-state index contributed by atoms with van der Waals surface area (Å²) >= 11 is 4.97. The fourth-order valence-corrected chi connectivity index (χ4v) is 3.31. The third-order valence-corrected chi connectivity index (χ3v) is 4.44. The normalized spacial score (nSPS) is 20.4. The average molecular weight is 316 g/mol. The Bertz CT molecular complexity index is 430. The lowest BCUT2D eigenvalue weighted by atomic mass is 10.2. The van der Waals surface area contributed by atoms with Crippen molar-refractivity contribution >= 4 is 39.2 Å². The Hall–Kier alpha value is -0.650.